The Morgan fingerprint density at radius 3 is 2.48 bits per heavy atom. The van der Waals surface area contributed by atoms with Gasteiger partial charge in [0.15, 0.2) is 6.61 Å². The van der Waals surface area contributed by atoms with Gasteiger partial charge >= 0.3 is 11.9 Å². The van der Waals surface area contributed by atoms with Gasteiger partial charge in [-0.1, -0.05) is 13.3 Å². The van der Waals surface area contributed by atoms with Gasteiger partial charge in [-0.05, 0) is 67.7 Å². The van der Waals surface area contributed by atoms with Gasteiger partial charge in [0.05, 0.1) is 12.2 Å². The van der Waals surface area contributed by atoms with Crippen LogP contribution in [0.15, 0.2) is 24.3 Å². The van der Waals surface area contributed by atoms with E-state index >= 15 is 0 Å². The maximum atomic E-state index is 12.0. The molecule has 1 amide bonds. The van der Waals surface area contributed by atoms with E-state index < -0.39 is 5.91 Å². The topological polar surface area (TPSA) is 81.7 Å². The number of carbonyl (C=O) groups is 3. The first-order valence-electron chi connectivity index (χ1n) is 9.77. The number of amides is 1. The molecule has 6 heteroatoms. The molecule has 1 aromatic carbocycles. The van der Waals surface area contributed by atoms with Crippen LogP contribution in [0, 0.1) is 17.8 Å². The fourth-order valence-electron chi connectivity index (χ4n) is 4.21. The maximum Gasteiger partial charge on any atom is 0.338 e. The van der Waals surface area contributed by atoms with Gasteiger partial charge in [0, 0.05) is 12.1 Å². The third kappa shape index (κ3) is 5.31. The largest absolute Gasteiger partial charge is 0.462 e. The van der Waals surface area contributed by atoms with Crippen molar-refractivity contribution in [1.29, 1.82) is 0 Å². The fraction of sp³-hybridized carbons (Fsp3) is 0.571. The normalized spacial score (nSPS) is 23.1. The Hall–Kier alpha value is -2.37. The van der Waals surface area contributed by atoms with Gasteiger partial charge < -0.3 is 14.8 Å². The molecule has 2 saturated carbocycles. The summed E-state index contributed by atoms with van der Waals surface area (Å²) in [4.78, 5) is 35.7. The molecule has 2 aliphatic rings. The molecule has 0 aromatic heterocycles. The summed E-state index contributed by atoms with van der Waals surface area (Å²) >= 11 is 0. The first kappa shape index (κ1) is 19.4. The molecule has 6 nitrogen and oxygen atoms in total. The van der Waals surface area contributed by atoms with Crippen molar-refractivity contribution in [2.24, 2.45) is 17.8 Å². The summed E-state index contributed by atoms with van der Waals surface area (Å²) in [5.74, 6) is 0.815. The Balaban J connectivity index is 1.38. The van der Waals surface area contributed by atoms with Gasteiger partial charge in [-0.3, -0.25) is 9.59 Å². The van der Waals surface area contributed by atoms with Crippen LogP contribution in [0.3, 0.4) is 0 Å². The van der Waals surface area contributed by atoms with Crippen molar-refractivity contribution in [1.82, 2.24) is 0 Å². The lowest BCUT2D eigenvalue weighted by molar-refractivity contribution is -0.148. The van der Waals surface area contributed by atoms with Crippen molar-refractivity contribution in [2.45, 2.75) is 45.4 Å². The molecule has 3 atom stereocenters. The summed E-state index contributed by atoms with van der Waals surface area (Å²) < 4.78 is 10.2. The average Bonchev–Trinajstić information content (AvgIpc) is 3.28. The summed E-state index contributed by atoms with van der Waals surface area (Å²) in [5.41, 5.74) is 0.968. The standard InChI is InChI=1S/C21H27NO5/c1-2-9-26-21(25)15-5-7-18(8-6-15)22-19(23)13-27-20(24)12-17-11-14-3-4-16(17)10-14/h5-8,14,16-17H,2-4,9-13H2,1H3,(H,22,23)/t14-,16+,17-/m0/s1. The molecule has 2 bridgehead atoms. The van der Waals surface area contributed by atoms with Gasteiger partial charge in [-0.2, -0.15) is 0 Å². The highest BCUT2D eigenvalue weighted by Gasteiger charge is 2.40. The minimum atomic E-state index is -0.391. The smallest absolute Gasteiger partial charge is 0.338 e. The molecule has 2 aliphatic carbocycles. The van der Waals surface area contributed by atoms with Crippen LogP contribution in [0.5, 0.6) is 0 Å². The minimum Gasteiger partial charge on any atom is -0.462 e. The van der Waals surface area contributed by atoms with Crippen LogP contribution >= 0.6 is 0 Å². The van der Waals surface area contributed by atoms with E-state index in [-0.39, 0.29) is 18.5 Å². The highest BCUT2D eigenvalue weighted by atomic mass is 16.5. The first-order chi connectivity index (χ1) is 13.0. The number of hydrogen-bond donors (Lipinski definition) is 1. The van der Waals surface area contributed by atoms with Crippen molar-refractivity contribution in [3.63, 3.8) is 0 Å². The van der Waals surface area contributed by atoms with E-state index in [0.717, 1.165) is 18.8 Å². The second-order valence-electron chi connectivity index (χ2n) is 7.56. The van der Waals surface area contributed by atoms with Gasteiger partial charge in [0.25, 0.3) is 5.91 Å². The Morgan fingerprint density at radius 1 is 1.07 bits per heavy atom. The summed E-state index contributed by atoms with van der Waals surface area (Å²) in [7, 11) is 0. The Morgan fingerprint density at radius 2 is 1.85 bits per heavy atom. The zero-order valence-corrected chi connectivity index (χ0v) is 15.7. The van der Waals surface area contributed by atoms with Crippen molar-refractivity contribution >= 4 is 23.5 Å². The van der Waals surface area contributed by atoms with Gasteiger partial charge in [0.1, 0.15) is 0 Å². The summed E-state index contributed by atoms with van der Waals surface area (Å²) in [5, 5.41) is 2.66. The number of benzene rings is 1. The van der Waals surface area contributed by atoms with E-state index in [1.807, 2.05) is 6.92 Å². The number of esters is 2. The zero-order chi connectivity index (χ0) is 19.2. The van der Waals surface area contributed by atoms with Crippen molar-refractivity contribution < 1.29 is 23.9 Å². The number of nitrogens with one attached hydrogen (secondary N) is 1. The molecular weight excluding hydrogens is 346 g/mol. The molecule has 27 heavy (non-hydrogen) atoms. The fourth-order valence-corrected chi connectivity index (χ4v) is 4.21. The van der Waals surface area contributed by atoms with Crippen LogP contribution in [-0.2, 0) is 19.1 Å². The zero-order valence-electron chi connectivity index (χ0n) is 15.7. The quantitative estimate of drug-likeness (QED) is 0.705. The lowest BCUT2D eigenvalue weighted by Crippen LogP contribution is -2.23. The van der Waals surface area contributed by atoms with E-state index in [9.17, 15) is 14.4 Å². The van der Waals surface area contributed by atoms with E-state index in [4.69, 9.17) is 9.47 Å². The molecular formula is C21H27NO5. The van der Waals surface area contributed by atoms with Crippen LogP contribution in [0.4, 0.5) is 5.69 Å². The summed E-state index contributed by atoms with van der Waals surface area (Å²) in [6.07, 6.45) is 6.09. The molecule has 0 aliphatic heterocycles. The third-order valence-corrected chi connectivity index (χ3v) is 5.52. The second kappa shape index (κ2) is 9.02. The lowest BCUT2D eigenvalue weighted by atomic mass is 9.86. The molecule has 0 heterocycles. The van der Waals surface area contributed by atoms with Crippen molar-refractivity contribution in [3.05, 3.63) is 29.8 Å². The first-order valence-corrected chi connectivity index (χ1v) is 9.77. The third-order valence-electron chi connectivity index (χ3n) is 5.52. The molecule has 3 rings (SSSR count). The van der Waals surface area contributed by atoms with Gasteiger partial charge in [-0.15, -0.1) is 0 Å². The van der Waals surface area contributed by atoms with E-state index in [1.54, 1.807) is 24.3 Å². The molecule has 1 aromatic rings. The van der Waals surface area contributed by atoms with Crippen LogP contribution < -0.4 is 5.32 Å². The number of anilines is 1. The second-order valence-corrected chi connectivity index (χ2v) is 7.56. The number of hydrogen-bond acceptors (Lipinski definition) is 5. The highest BCUT2D eigenvalue weighted by Crippen LogP contribution is 2.49. The van der Waals surface area contributed by atoms with Gasteiger partial charge in [-0.25, -0.2) is 4.79 Å². The lowest BCUT2D eigenvalue weighted by Gasteiger charge is -2.20. The van der Waals surface area contributed by atoms with Crippen LogP contribution in [-0.4, -0.2) is 31.1 Å². The number of ether oxygens (including phenoxy) is 2. The van der Waals surface area contributed by atoms with Crippen LogP contribution in [0.1, 0.15) is 55.8 Å². The summed E-state index contributed by atoms with van der Waals surface area (Å²) in [6, 6.07) is 6.43. The molecule has 0 radical (unpaired) electrons. The molecule has 0 spiro atoms. The van der Waals surface area contributed by atoms with E-state index in [2.05, 4.69) is 5.32 Å². The maximum absolute atomic E-state index is 12.0. The molecule has 0 saturated heterocycles. The Bertz CT molecular complexity index is 684. The molecule has 1 N–H and O–H groups in total. The monoisotopic (exact) mass is 373 g/mol. The molecule has 0 unspecified atom stereocenters. The van der Waals surface area contributed by atoms with Crippen LogP contribution in [0.25, 0.3) is 0 Å². The molecule has 2 fully saturated rings. The SMILES string of the molecule is CCCOC(=O)c1ccc(NC(=O)COC(=O)C[C@@H]2C[C@H]3CC[C@@H]2C3)cc1. The highest BCUT2D eigenvalue weighted by molar-refractivity contribution is 5.94. The minimum absolute atomic E-state index is 0.292. The van der Waals surface area contributed by atoms with E-state index in [0.29, 0.717) is 36.1 Å². The number of fused-ring (bicyclic) bond motifs is 2. The Labute approximate surface area is 159 Å². The number of rotatable bonds is 8. The van der Waals surface area contributed by atoms with Crippen molar-refractivity contribution in [3.8, 4) is 0 Å². The summed E-state index contributed by atoms with van der Waals surface area (Å²) in [6.45, 7) is 2.02. The van der Waals surface area contributed by atoms with E-state index in [1.165, 1.54) is 19.3 Å². The predicted octanol–water partition coefficient (Wildman–Crippen LogP) is 3.56. The molecule has 146 valence electrons. The number of carbonyl (C=O) groups excluding carboxylic acids is 3. The van der Waals surface area contributed by atoms with Crippen LogP contribution in [0.2, 0.25) is 0 Å². The Kier molecular flexibility index (Phi) is 6.48. The van der Waals surface area contributed by atoms with Crippen molar-refractivity contribution in [2.75, 3.05) is 18.5 Å². The average molecular weight is 373 g/mol. The predicted molar refractivity (Wildman–Crippen MR) is 100 cm³/mol. The van der Waals surface area contributed by atoms with Gasteiger partial charge in [0.2, 0.25) is 0 Å².